The second-order valence-electron chi connectivity index (χ2n) is 5.18. The standard InChI is InChI=1S/C17H16F2O2/c1-11-3-2-4-12(7-11)8-14(17(20)21)9-13-5-6-15(18)16(19)10-13/h2-7,10,14H,8-9H2,1H3,(H,20,21). The summed E-state index contributed by atoms with van der Waals surface area (Å²) in [5.41, 5.74) is 2.46. The van der Waals surface area contributed by atoms with E-state index >= 15 is 0 Å². The van der Waals surface area contributed by atoms with Gasteiger partial charge in [0.25, 0.3) is 0 Å². The normalized spacial score (nSPS) is 12.1. The molecule has 110 valence electrons. The molecule has 2 nitrogen and oxygen atoms in total. The highest BCUT2D eigenvalue weighted by molar-refractivity contribution is 5.70. The summed E-state index contributed by atoms with van der Waals surface area (Å²) in [4.78, 5) is 11.4. The lowest BCUT2D eigenvalue weighted by atomic mass is 9.92. The van der Waals surface area contributed by atoms with Crippen LogP contribution in [-0.4, -0.2) is 11.1 Å². The van der Waals surface area contributed by atoms with Gasteiger partial charge in [0.1, 0.15) is 0 Å². The predicted molar refractivity (Wildman–Crippen MR) is 76.1 cm³/mol. The van der Waals surface area contributed by atoms with Crippen LogP contribution in [0.3, 0.4) is 0 Å². The first-order valence-corrected chi connectivity index (χ1v) is 6.68. The van der Waals surface area contributed by atoms with Crippen LogP contribution in [0.5, 0.6) is 0 Å². The second kappa shape index (κ2) is 6.48. The van der Waals surface area contributed by atoms with Crippen LogP contribution < -0.4 is 0 Å². The summed E-state index contributed by atoms with van der Waals surface area (Å²) in [6.45, 7) is 1.94. The van der Waals surface area contributed by atoms with E-state index in [4.69, 9.17) is 0 Å². The Morgan fingerprint density at radius 2 is 1.71 bits per heavy atom. The van der Waals surface area contributed by atoms with Gasteiger partial charge in [-0.05, 0) is 43.0 Å². The van der Waals surface area contributed by atoms with E-state index in [1.165, 1.54) is 6.07 Å². The number of carbonyl (C=O) groups is 1. The van der Waals surface area contributed by atoms with Crippen molar-refractivity contribution in [1.29, 1.82) is 0 Å². The Bertz CT molecular complexity index is 653. The average molecular weight is 290 g/mol. The molecule has 0 aliphatic carbocycles. The first-order chi connectivity index (χ1) is 9.95. The minimum absolute atomic E-state index is 0.167. The Kier molecular flexibility index (Phi) is 4.68. The minimum atomic E-state index is -0.952. The predicted octanol–water partition coefficient (Wildman–Crippen LogP) is 3.76. The van der Waals surface area contributed by atoms with Crippen molar-refractivity contribution in [2.75, 3.05) is 0 Å². The molecule has 0 aromatic heterocycles. The monoisotopic (exact) mass is 290 g/mol. The molecule has 4 heteroatoms. The Labute approximate surface area is 122 Å². The maximum absolute atomic E-state index is 13.2. The first-order valence-electron chi connectivity index (χ1n) is 6.68. The van der Waals surface area contributed by atoms with E-state index in [0.717, 1.165) is 23.3 Å². The van der Waals surface area contributed by atoms with Crippen molar-refractivity contribution in [3.8, 4) is 0 Å². The molecule has 0 fully saturated rings. The van der Waals surface area contributed by atoms with Crippen LogP contribution in [0.4, 0.5) is 8.78 Å². The average Bonchev–Trinajstić information content (AvgIpc) is 2.42. The summed E-state index contributed by atoms with van der Waals surface area (Å²) < 4.78 is 26.1. The molecule has 2 aromatic carbocycles. The largest absolute Gasteiger partial charge is 0.481 e. The van der Waals surface area contributed by atoms with Gasteiger partial charge >= 0.3 is 5.97 Å². The molecule has 0 saturated carbocycles. The van der Waals surface area contributed by atoms with Gasteiger partial charge in [-0.15, -0.1) is 0 Å². The van der Waals surface area contributed by atoms with E-state index in [1.807, 2.05) is 31.2 Å². The van der Waals surface area contributed by atoms with Crippen LogP contribution in [0.15, 0.2) is 42.5 Å². The lowest BCUT2D eigenvalue weighted by molar-refractivity contribution is -0.141. The molecule has 2 rings (SSSR count). The zero-order valence-electron chi connectivity index (χ0n) is 11.6. The van der Waals surface area contributed by atoms with E-state index in [2.05, 4.69) is 0 Å². The number of carboxylic acids is 1. The second-order valence-corrected chi connectivity index (χ2v) is 5.18. The fourth-order valence-corrected chi connectivity index (χ4v) is 2.32. The van der Waals surface area contributed by atoms with Gasteiger partial charge in [-0.3, -0.25) is 4.79 Å². The Morgan fingerprint density at radius 1 is 1.05 bits per heavy atom. The third-order valence-corrected chi connectivity index (χ3v) is 3.38. The molecule has 0 saturated heterocycles. The van der Waals surface area contributed by atoms with Crippen molar-refractivity contribution in [3.05, 3.63) is 70.8 Å². The number of aryl methyl sites for hydroxylation is 1. The number of aliphatic carboxylic acids is 1. The van der Waals surface area contributed by atoms with Crippen LogP contribution >= 0.6 is 0 Å². The van der Waals surface area contributed by atoms with Crippen LogP contribution in [0.25, 0.3) is 0 Å². The SMILES string of the molecule is Cc1cccc(CC(Cc2ccc(F)c(F)c2)C(=O)O)c1. The van der Waals surface area contributed by atoms with E-state index < -0.39 is 23.5 Å². The smallest absolute Gasteiger partial charge is 0.307 e. The van der Waals surface area contributed by atoms with Crippen molar-refractivity contribution < 1.29 is 18.7 Å². The van der Waals surface area contributed by atoms with E-state index in [9.17, 15) is 18.7 Å². The number of hydrogen-bond donors (Lipinski definition) is 1. The van der Waals surface area contributed by atoms with Gasteiger partial charge in [-0.2, -0.15) is 0 Å². The summed E-state index contributed by atoms with van der Waals surface area (Å²) in [7, 11) is 0. The number of hydrogen-bond acceptors (Lipinski definition) is 1. The van der Waals surface area contributed by atoms with Gasteiger partial charge in [-0.25, -0.2) is 8.78 Å². The maximum Gasteiger partial charge on any atom is 0.307 e. The summed E-state index contributed by atoms with van der Waals surface area (Å²) in [6.07, 6.45) is 0.524. The Hall–Kier alpha value is -2.23. The minimum Gasteiger partial charge on any atom is -0.481 e. The molecule has 1 unspecified atom stereocenters. The van der Waals surface area contributed by atoms with Crippen molar-refractivity contribution in [3.63, 3.8) is 0 Å². The van der Waals surface area contributed by atoms with Gasteiger partial charge in [0.05, 0.1) is 5.92 Å². The fraction of sp³-hybridized carbons (Fsp3) is 0.235. The summed E-state index contributed by atoms with van der Waals surface area (Å²) >= 11 is 0. The van der Waals surface area contributed by atoms with Crippen molar-refractivity contribution in [2.24, 2.45) is 5.92 Å². The van der Waals surface area contributed by atoms with Crippen molar-refractivity contribution in [2.45, 2.75) is 19.8 Å². The van der Waals surface area contributed by atoms with Gasteiger partial charge in [0.2, 0.25) is 0 Å². The van der Waals surface area contributed by atoms with Gasteiger partial charge in [-0.1, -0.05) is 35.9 Å². The molecule has 1 N–H and O–H groups in total. The summed E-state index contributed by atoms with van der Waals surface area (Å²) in [5.74, 6) is -3.49. The molecular formula is C17H16F2O2. The molecule has 0 amide bonds. The van der Waals surface area contributed by atoms with E-state index in [-0.39, 0.29) is 6.42 Å². The third kappa shape index (κ3) is 4.12. The maximum atomic E-state index is 13.2. The molecule has 0 bridgehead atoms. The molecule has 0 heterocycles. The van der Waals surface area contributed by atoms with Gasteiger partial charge in [0, 0.05) is 0 Å². The molecule has 1 atom stereocenters. The van der Waals surface area contributed by atoms with Crippen molar-refractivity contribution in [1.82, 2.24) is 0 Å². The quantitative estimate of drug-likeness (QED) is 0.910. The third-order valence-electron chi connectivity index (χ3n) is 3.38. The van der Waals surface area contributed by atoms with Crippen LogP contribution in [-0.2, 0) is 17.6 Å². The summed E-state index contributed by atoms with van der Waals surface area (Å²) in [6, 6.07) is 11.1. The first kappa shape index (κ1) is 15.2. The topological polar surface area (TPSA) is 37.3 Å². The molecule has 0 radical (unpaired) electrons. The molecular weight excluding hydrogens is 274 g/mol. The Morgan fingerprint density at radius 3 is 2.29 bits per heavy atom. The lowest BCUT2D eigenvalue weighted by Gasteiger charge is -2.13. The van der Waals surface area contributed by atoms with Gasteiger partial charge in [0.15, 0.2) is 11.6 Å². The highest BCUT2D eigenvalue weighted by Crippen LogP contribution is 2.18. The zero-order valence-corrected chi connectivity index (χ0v) is 11.6. The molecule has 2 aromatic rings. The fourth-order valence-electron chi connectivity index (χ4n) is 2.32. The van der Waals surface area contributed by atoms with E-state index in [0.29, 0.717) is 12.0 Å². The van der Waals surface area contributed by atoms with Crippen LogP contribution in [0.2, 0.25) is 0 Å². The number of carboxylic acid groups (broad SMARTS) is 1. The zero-order chi connectivity index (χ0) is 15.4. The van der Waals surface area contributed by atoms with Crippen molar-refractivity contribution >= 4 is 5.97 Å². The van der Waals surface area contributed by atoms with Crippen LogP contribution in [0.1, 0.15) is 16.7 Å². The number of benzene rings is 2. The number of halogens is 2. The molecule has 21 heavy (non-hydrogen) atoms. The molecule has 0 aliphatic rings. The molecule has 0 spiro atoms. The number of rotatable bonds is 5. The molecule has 0 aliphatic heterocycles. The Balaban J connectivity index is 2.15. The highest BCUT2D eigenvalue weighted by atomic mass is 19.2. The van der Waals surface area contributed by atoms with Crippen LogP contribution in [0, 0.1) is 24.5 Å². The van der Waals surface area contributed by atoms with E-state index in [1.54, 1.807) is 0 Å². The lowest BCUT2D eigenvalue weighted by Crippen LogP contribution is -2.19. The highest BCUT2D eigenvalue weighted by Gasteiger charge is 2.19. The van der Waals surface area contributed by atoms with Gasteiger partial charge < -0.3 is 5.11 Å². The summed E-state index contributed by atoms with van der Waals surface area (Å²) in [5, 5.41) is 9.32.